The molecule has 16 nitrogen and oxygen atoms in total. The van der Waals surface area contributed by atoms with Crippen molar-refractivity contribution in [2.45, 2.75) is 77.3 Å². The molecule has 1 saturated carbocycles. The molecule has 1 unspecified atom stereocenters. The minimum atomic E-state index is -0.227. The Morgan fingerprint density at radius 1 is 0.558 bits per heavy atom. The number of aromatic nitrogens is 4. The Bertz CT molecular complexity index is 3510. The van der Waals surface area contributed by atoms with Gasteiger partial charge in [-0.15, -0.1) is 0 Å². The zero-order valence-electron chi connectivity index (χ0n) is 43.1. The molecule has 4 N–H and O–H groups in total. The summed E-state index contributed by atoms with van der Waals surface area (Å²) in [4.78, 5) is 84.7. The molecule has 16 heteroatoms. The van der Waals surface area contributed by atoms with Gasteiger partial charge in [-0.2, -0.15) is 0 Å². The molecule has 4 aliphatic rings. The van der Waals surface area contributed by atoms with Gasteiger partial charge in [0.25, 0.3) is 11.8 Å². The van der Waals surface area contributed by atoms with E-state index < -0.39 is 0 Å². The average Bonchev–Trinajstić information content (AvgIpc) is 4.33. The molecule has 390 valence electrons. The number of benzene rings is 6. The number of fused-ring (bicyclic) bond motifs is 4. The Labute approximate surface area is 446 Å². The lowest BCUT2D eigenvalue weighted by Gasteiger charge is -2.23. The average molecular weight is 1030 g/mol. The fourth-order valence-electron chi connectivity index (χ4n) is 11.0. The number of nitrogens with two attached hydrogens (primary N) is 2. The molecule has 12 rings (SSSR count). The molecular formula is C61H59N9O7. The van der Waals surface area contributed by atoms with E-state index in [1.165, 1.54) is 27.1 Å². The van der Waals surface area contributed by atoms with E-state index in [-0.39, 0.29) is 53.3 Å². The van der Waals surface area contributed by atoms with Crippen LogP contribution >= 0.6 is 0 Å². The van der Waals surface area contributed by atoms with E-state index in [9.17, 15) is 24.0 Å². The van der Waals surface area contributed by atoms with E-state index >= 15 is 0 Å². The van der Waals surface area contributed by atoms with Crippen LogP contribution in [0.3, 0.4) is 0 Å². The predicted octanol–water partition coefficient (Wildman–Crippen LogP) is 9.37. The summed E-state index contributed by atoms with van der Waals surface area (Å²) in [5.74, 6) is -0.206. The van der Waals surface area contributed by atoms with Crippen LogP contribution in [0.25, 0.3) is 44.1 Å². The molecule has 1 atom stereocenters. The highest BCUT2D eigenvalue weighted by Gasteiger charge is 2.33. The number of hydrogen-bond acceptors (Lipinski definition) is 14. The first-order valence-corrected chi connectivity index (χ1v) is 25.9. The Balaban J connectivity index is 0.000000153. The summed E-state index contributed by atoms with van der Waals surface area (Å²) in [6.07, 6.45) is 7.04. The van der Waals surface area contributed by atoms with E-state index in [1.54, 1.807) is 21.9 Å². The summed E-state index contributed by atoms with van der Waals surface area (Å²) in [7, 11) is 2.90. The quantitative estimate of drug-likeness (QED) is 0.102. The number of esters is 2. The molecule has 8 aromatic rings. The summed E-state index contributed by atoms with van der Waals surface area (Å²) in [5.41, 5.74) is 23.6. The summed E-state index contributed by atoms with van der Waals surface area (Å²) in [6.45, 7) is 3.63. The molecule has 3 aliphatic heterocycles. The van der Waals surface area contributed by atoms with Gasteiger partial charge in [0.15, 0.2) is 6.29 Å². The van der Waals surface area contributed by atoms with Gasteiger partial charge in [0.2, 0.25) is 11.9 Å². The number of ether oxygens (including phenoxy) is 2. The van der Waals surface area contributed by atoms with Gasteiger partial charge < -0.3 is 30.7 Å². The fraction of sp³-hybridized carbons (Fsp3) is 0.262. The summed E-state index contributed by atoms with van der Waals surface area (Å²) in [5, 5.41) is 1.28. The van der Waals surface area contributed by atoms with Crippen molar-refractivity contribution in [3.8, 4) is 22.3 Å². The maximum Gasteiger partial charge on any atom is 0.323 e. The van der Waals surface area contributed by atoms with Gasteiger partial charge >= 0.3 is 11.9 Å². The lowest BCUT2D eigenvalue weighted by Crippen LogP contribution is -2.36. The van der Waals surface area contributed by atoms with E-state index in [4.69, 9.17) is 16.2 Å². The van der Waals surface area contributed by atoms with Crippen LogP contribution in [0.1, 0.15) is 97.7 Å². The number of carbonyl (C=O) groups excluding carboxylic acids is 5. The molecule has 77 heavy (non-hydrogen) atoms. The maximum absolute atomic E-state index is 13.7. The van der Waals surface area contributed by atoms with Gasteiger partial charge in [0, 0.05) is 49.1 Å². The van der Waals surface area contributed by atoms with Crippen LogP contribution in [0.15, 0.2) is 133 Å². The normalized spacial score (nSPS) is 15.7. The highest BCUT2D eigenvalue weighted by Crippen LogP contribution is 2.34. The molecular weight excluding hydrogens is 971 g/mol. The summed E-state index contributed by atoms with van der Waals surface area (Å²) in [6, 6.07) is 42.7. The van der Waals surface area contributed by atoms with Gasteiger partial charge in [-0.3, -0.25) is 28.9 Å². The Hall–Kier alpha value is -8.89. The van der Waals surface area contributed by atoms with Crippen molar-refractivity contribution in [3.63, 3.8) is 0 Å². The molecule has 6 aromatic carbocycles. The van der Waals surface area contributed by atoms with Crippen LogP contribution in [0, 0.1) is 5.92 Å². The number of likely N-dealkylation sites (tertiary alicyclic amines) is 1. The number of hydrogen-bond donors (Lipinski definition) is 2. The molecule has 0 spiro atoms. The molecule has 1 saturated heterocycles. The second-order valence-corrected chi connectivity index (χ2v) is 19.7. The third kappa shape index (κ3) is 11.1. The lowest BCUT2D eigenvalue weighted by molar-refractivity contribution is -0.146. The maximum atomic E-state index is 13.7. The second kappa shape index (κ2) is 22.9. The van der Waals surface area contributed by atoms with Gasteiger partial charge in [-0.1, -0.05) is 122 Å². The highest BCUT2D eigenvalue weighted by atomic mass is 16.5. The Morgan fingerprint density at radius 3 is 1.53 bits per heavy atom. The molecule has 2 amide bonds. The van der Waals surface area contributed by atoms with Gasteiger partial charge in [-0.25, -0.2) is 19.9 Å². The van der Waals surface area contributed by atoms with Crippen LogP contribution < -0.4 is 11.5 Å². The zero-order chi connectivity index (χ0) is 53.6. The van der Waals surface area contributed by atoms with Crippen LogP contribution in [0.4, 0.5) is 11.9 Å². The standard InChI is InChI=1S/C30H29N5O3.C24H18N4O2.C7H12O2/c1-38-29(37)26-11-6-14-34(26)18-22-9-4-5-10-23(22)19-12-13-25-24(15-19)27(33-30(31)32-25)28(36)35-16-20-7-2-3-8-21(20)17-35;25-24-26-21-10-9-15(19-8-4-3-7-18(19)14-29)11-20(21)22(27-24)23(30)28-12-16-5-1-2-6-17(16)13-28;1-9-7(8)6-4-2-3-5-6/h2-5,7-10,12-13,15,26H,6,11,14,16-18H2,1H3,(H2,31,32,33);1-11,14H,12-13H2,(H2,25,26,27);6H,2-5H2,1H3. The third-order valence-corrected chi connectivity index (χ3v) is 14.9. The minimum Gasteiger partial charge on any atom is -0.469 e. The number of amides is 2. The number of anilines is 2. The number of aldehydes is 1. The van der Waals surface area contributed by atoms with Crippen molar-refractivity contribution >= 4 is 63.7 Å². The first kappa shape index (κ1) is 51.6. The van der Waals surface area contributed by atoms with Crippen molar-refractivity contribution < 1.29 is 33.4 Å². The lowest BCUT2D eigenvalue weighted by atomic mass is 9.97. The topological polar surface area (TPSA) is 217 Å². The van der Waals surface area contributed by atoms with E-state index in [0.717, 1.165) is 88.6 Å². The van der Waals surface area contributed by atoms with Crippen LogP contribution in [-0.2, 0) is 51.8 Å². The number of nitrogens with zero attached hydrogens (tertiary/aromatic N) is 7. The summed E-state index contributed by atoms with van der Waals surface area (Å²) >= 11 is 0. The molecule has 2 fully saturated rings. The van der Waals surface area contributed by atoms with E-state index in [0.29, 0.717) is 65.8 Å². The van der Waals surface area contributed by atoms with E-state index in [2.05, 4.69) is 53.8 Å². The van der Waals surface area contributed by atoms with Crippen LogP contribution in [0.2, 0.25) is 0 Å². The Kier molecular flexibility index (Phi) is 15.4. The van der Waals surface area contributed by atoms with Crippen molar-refractivity contribution in [1.82, 2.24) is 34.6 Å². The predicted molar refractivity (Wildman–Crippen MR) is 294 cm³/mol. The fourth-order valence-corrected chi connectivity index (χ4v) is 11.0. The van der Waals surface area contributed by atoms with Crippen molar-refractivity contribution in [2.75, 3.05) is 32.2 Å². The van der Waals surface area contributed by atoms with Crippen molar-refractivity contribution in [1.29, 1.82) is 0 Å². The first-order valence-electron chi connectivity index (χ1n) is 25.9. The van der Waals surface area contributed by atoms with Crippen molar-refractivity contribution in [3.05, 3.63) is 178 Å². The highest BCUT2D eigenvalue weighted by molar-refractivity contribution is 6.07. The third-order valence-electron chi connectivity index (χ3n) is 14.9. The number of nitrogen functional groups attached to an aromatic ring is 2. The van der Waals surface area contributed by atoms with Gasteiger partial charge in [0.05, 0.1) is 31.2 Å². The van der Waals surface area contributed by atoms with Gasteiger partial charge in [-0.05, 0) is 107 Å². The molecule has 0 radical (unpaired) electrons. The molecule has 2 aromatic heterocycles. The smallest absolute Gasteiger partial charge is 0.323 e. The van der Waals surface area contributed by atoms with Crippen molar-refractivity contribution in [2.24, 2.45) is 5.92 Å². The Morgan fingerprint density at radius 2 is 1.03 bits per heavy atom. The molecule has 5 heterocycles. The molecule has 0 bridgehead atoms. The van der Waals surface area contributed by atoms with E-state index in [1.807, 2.05) is 97.1 Å². The SMILES string of the molecule is COC(=O)C1CCCC1.COC(=O)C1CCCN1Cc1ccccc1-c1ccc2nc(N)nc(C(=O)N3Cc4ccccc4C3)c2c1.Nc1nc(C(=O)N2Cc3ccccc3C2)c2cc(-c3ccccc3C=O)ccc2n1. The largest absolute Gasteiger partial charge is 0.469 e. The number of carbonyl (C=O) groups is 5. The number of rotatable bonds is 9. The number of methoxy groups -OCH3 is 2. The molecule has 1 aliphatic carbocycles. The first-order chi connectivity index (χ1) is 37.5. The van der Waals surface area contributed by atoms with Crippen LogP contribution in [-0.4, -0.2) is 91.5 Å². The minimum absolute atomic E-state index is 0.0208. The zero-order valence-corrected chi connectivity index (χ0v) is 43.1. The second-order valence-electron chi connectivity index (χ2n) is 19.7. The monoisotopic (exact) mass is 1030 g/mol. The van der Waals surface area contributed by atoms with Crippen LogP contribution in [0.5, 0.6) is 0 Å². The van der Waals surface area contributed by atoms with Gasteiger partial charge in [0.1, 0.15) is 17.4 Å². The summed E-state index contributed by atoms with van der Waals surface area (Å²) < 4.78 is 9.63.